The first kappa shape index (κ1) is 10.3. The Morgan fingerprint density at radius 2 is 1.77 bits per heavy atom. The van der Waals surface area contributed by atoms with E-state index in [4.69, 9.17) is 0 Å². The van der Waals surface area contributed by atoms with E-state index in [1.165, 1.54) is 6.26 Å². The molecule has 0 heterocycles. The van der Waals surface area contributed by atoms with Gasteiger partial charge in [-0.3, -0.25) is 0 Å². The molecule has 0 spiro atoms. The van der Waals surface area contributed by atoms with Crippen LogP contribution in [0.2, 0.25) is 0 Å². The molecule has 0 aromatic heterocycles. The molecule has 0 radical (unpaired) electrons. The zero-order chi connectivity index (χ0) is 9.90. The number of sulfone groups is 1. The summed E-state index contributed by atoms with van der Waals surface area (Å²) in [5, 5.41) is -0.296. The molecule has 0 fully saturated rings. The van der Waals surface area contributed by atoms with Crippen LogP contribution in [0.3, 0.4) is 0 Å². The summed E-state index contributed by atoms with van der Waals surface area (Å²) in [6.45, 7) is 1.74. The van der Waals surface area contributed by atoms with Crippen molar-refractivity contribution in [3.05, 3.63) is 35.9 Å². The van der Waals surface area contributed by atoms with E-state index in [0.717, 1.165) is 5.56 Å². The Balaban J connectivity index is 2.72. The predicted molar refractivity (Wildman–Crippen MR) is 54.5 cm³/mol. The summed E-state index contributed by atoms with van der Waals surface area (Å²) in [5.74, 6) is 0. The first-order valence-corrected chi connectivity index (χ1v) is 6.18. The van der Waals surface area contributed by atoms with Gasteiger partial charge in [0.2, 0.25) is 0 Å². The van der Waals surface area contributed by atoms with Crippen molar-refractivity contribution in [1.29, 1.82) is 0 Å². The SMILES string of the molecule is CC(Cc1ccccc1)S(C)(=O)=O. The molecule has 1 atom stereocenters. The van der Waals surface area contributed by atoms with Crippen LogP contribution in [-0.4, -0.2) is 19.9 Å². The van der Waals surface area contributed by atoms with Crippen molar-refractivity contribution in [1.82, 2.24) is 0 Å². The van der Waals surface area contributed by atoms with Crippen LogP contribution < -0.4 is 0 Å². The van der Waals surface area contributed by atoms with Gasteiger partial charge in [-0.15, -0.1) is 0 Å². The van der Waals surface area contributed by atoms with Crippen molar-refractivity contribution < 1.29 is 8.42 Å². The van der Waals surface area contributed by atoms with Gasteiger partial charge in [-0.25, -0.2) is 8.42 Å². The zero-order valence-electron chi connectivity index (χ0n) is 7.90. The fourth-order valence-electron chi connectivity index (χ4n) is 1.10. The Morgan fingerprint density at radius 1 is 1.23 bits per heavy atom. The number of rotatable bonds is 3. The summed E-state index contributed by atoms with van der Waals surface area (Å²) in [7, 11) is -2.90. The van der Waals surface area contributed by atoms with Crippen LogP contribution in [0, 0.1) is 0 Å². The number of hydrogen-bond donors (Lipinski definition) is 0. The molecule has 2 nitrogen and oxygen atoms in total. The van der Waals surface area contributed by atoms with Crippen LogP contribution in [0.25, 0.3) is 0 Å². The highest BCUT2D eigenvalue weighted by Crippen LogP contribution is 2.08. The normalized spacial score (nSPS) is 14.0. The highest BCUT2D eigenvalue weighted by molar-refractivity contribution is 7.91. The molecule has 0 aliphatic rings. The van der Waals surface area contributed by atoms with Crippen molar-refractivity contribution in [2.75, 3.05) is 6.26 Å². The first-order valence-electron chi connectivity index (χ1n) is 4.23. The topological polar surface area (TPSA) is 34.1 Å². The lowest BCUT2D eigenvalue weighted by molar-refractivity contribution is 0.588. The summed E-state index contributed by atoms with van der Waals surface area (Å²) >= 11 is 0. The molecule has 0 aliphatic carbocycles. The van der Waals surface area contributed by atoms with E-state index in [-0.39, 0.29) is 5.25 Å². The smallest absolute Gasteiger partial charge is 0.150 e. The van der Waals surface area contributed by atoms with Gasteiger partial charge in [-0.05, 0) is 18.9 Å². The van der Waals surface area contributed by atoms with Gasteiger partial charge >= 0.3 is 0 Å². The zero-order valence-corrected chi connectivity index (χ0v) is 8.71. The second-order valence-electron chi connectivity index (χ2n) is 3.33. The van der Waals surface area contributed by atoms with Crippen LogP contribution >= 0.6 is 0 Å². The van der Waals surface area contributed by atoms with E-state index in [1.807, 2.05) is 30.3 Å². The van der Waals surface area contributed by atoms with E-state index in [1.54, 1.807) is 6.92 Å². The molecule has 1 aromatic carbocycles. The Kier molecular flexibility index (Phi) is 3.09. The minimum absolute atomic E-state index is 0.296. The van der Waals surface area contributed by atoms with Crippen molar-refractivity contribution in [3.63, 3.8) is 0 Å². The first-order chi connectivity index (χ1) is 6.00. The van der Waals surface area contributed by atoms with Crippen molar-refractivity contribution in [3.8, 4) is 0 Å². The maximum atomic E-state index is 11.1. The monoisotopic (exact) mass is 198 g/mol. The highest BCUT2D eigenvalue weighted by atomic mass is 32.2. The molecule has 0 aliphatic heterocycles. The predicted octanol–water partition coefficient (Wildman–Crippen LogP) is 1.66. The van der Waals surface area contributed by atoms with E-state index in [0.29, 0.717) is 6.42 Å². The third-order valence-corrected chi connectivity index (χ3v) is 3.73. The maximum Gasteiger partial charge on any atom is 0.150 e. The molecule has 72 valence electrons. The summed E-state index contributed by atoms with van der Waals surface area (Å²) < 4.78 is 22.3. The Bertz CT molecular complexity index is 354. The van der Waals surface area contributed by atoms with Crippen LogP contribution in [0.5, 0.6) is 0 Å². The van der Waals surface area contributed by atoms with Gasteiger partial charge in [0.25, 0.3) is 0 Å². The second kappa shape index (κ2) is 3.92. The van der Waals surface area contributed by atoms with Gasteiger partial charge in [0, 0.05) is 6.26 Å². The van der Waals surface area contributed by atoms with Gasteiger partial charge in [-0.2, -0.15) is 0 Å². The van der Waals surface area contributed by atoms with Crippen LogP contribution in [0.15, 0.2) is 30.3 Å². The van der Waals surface area contributed by atoms with E-state index >= 15 is 0 Å². The third kappa shape index (κ3) is 3.19. The molecule has 13 heavy (non-hydrogen) atoms. The minimum atomic E-state index is -2.90. The fraction of sp³-hybridized carbons (Fsp3) is 0.400. The summed E-state index contributed by atoms with van der Waals surface area (Å²) in [4.78, 5) is 0. The third-order valence-electron chi connectivity index (χ3n) is 2.10. The number of benzene rings is 1. The quantitative estimate of drug-likeness (QED) is 0.740. The van der Waals surface area contributed by atoms with Crippen LogP contribution in [-0.2, 0) is 16.3 Å². The lowest BCUT2D eigenvalue weighted by Gasteiger charge is -2.08. The molecule has 0 saturated carbocycles. The molecule has 0 N–H and O–H groups in total. The largest absolute Gasteiger partial charge is 0.229 e. The Hall–Kier alpha value is -0.830. The lowest BCUT2D eigenvalue weighted by atomic mass is 10.1. The van der Waals surface area contributed by atoms with E-state index in [2.05, 4.69) is 0 Å². The molecule has 1 unspecified atom stereocenters. The van der Waals surface area contributed by atoms with Gasteiger partial charge in [-0.1, -0.05) is 30.3 Å². The fourth-order valence-corrected chi connectivity index (χ4v) is 1.59. The van der Waals surface area contributed by atoms with Crippen molar-refractivity contribution >= 4 is 9.84 Å². The van der Waals surface area contributed by atoms with Gasteiger partial charge in [0.1, 0.15) is 9.84 Å². The van der Waals surface area contributed by atoms with Crippen LogP contribution in [0.4, 0.5) is 0 Å². The molecule has 0 bridgehead atoms. The Morgan fingerprint density at radius 3 is 2.23 bits per heavy atom. The van der Waals surface area contributed by atoms with Crippen molar-refractivity contribution in [2.24, 2.45) is 0 Å². The van der Waals surface area contributed by atoms with Gasteiger partial charge < -0.3 is 0 Å². The van der Waals surface area contributed by atoms with Gasteiger partial charge in [0.15, 0.2) is 0 Å². The molecule has 0 saturated heterocycles. The van der Waals surface area contributed by atoms with Crippen molar-refractivity contribution in [2.45, 2.75) is 18.6 Å². The molecule has 1 rings (SSSR count). The second-order valence-corrected chi connectivity index (χ2v) is 5.79. The Labute approximate surface area is 79.5 Å². The standard InChI is InChI=1S/C10H14O2S/c1-9(13(2,11)12)8-10-6-4-3-5-7-10/h3-7,9H,8H2,1-2H3. The van der Waals surface area contributed by atoms with E-state index < -0.39 is 9.84 Å². The molecule has 1 aromatic rings. The molecule has 0 amide bonds. The van der Waals surface area contributed by atoms with Gasteiger partial charge in [0.05, 0.1) is 5.25 Å². The highest BCUT2D eigenvalue weighted by Gasteiger charge is 2.14. The molecule has 3 heteroatoms. The van der Waals surface area contributed by atoms with Crippen LogP contribution in [0.1, 0.15) is 12.5 Å². The van der Waals surface area contributed by atoms with E-state index in [9.17, 15) is 8.42 Å². The lowest BCUT2D eigenvalue weighted by Crippen LogP contribution is -2.18. The minimum Gasteiger partial charge on any atom is -0.229 e. The number of hydrogen-bond acceptors (Lipinski definition) is 2. The average Bonchev–Trinajstić information content (AvgIpc) is 2.04. The summed E-state index contributed by atoms with van der Waals surface area (Å²) in [6, 6.07) is 9.66. The maximum absolute atomic E-state index is 11.1. The summed E-state index contributed by atoms with van der Waals surface area (Å²) in [6.07, 6.45) is 1.88. The molecular formula is C10H14O2S. The average molecular weight is 198 g/mol. The summed E-state index contributed by atoms with van der Waals surface area (Å²) in [5.41, 5.74) is 1.07. The molecular weight excluding hydrogens is 184 g/mol.